The van der Waals surface area contributed by atoms with Gasteiger partial charge in [0.2, 0.25) is 0 Å². The Morgan fingerprint density at radius 1 is 1.12 bits per heavy atom. The fourth-order valence-corrected chi connectivity index (χ4v) is 5.40. The fraction of sp³-hybridized carbons (Fsp3) is 0.429. The first-order valence-corrected chi connectivity index (χ1v) is 12.3. The van der Waals surface area contributed by atoms with Gasteiger partial charge in [0.1, 0.15) is 10.9 Å². The van der Waals surface area contributed by atoms with Crippen molar-refractivity contribution < 1.29 is 22.4 Å². The maximum atomic E-state index is 12.8. The molecule has 0 amide bonds. The van der Waals surface area contributed by atoms with Crippen molar-refractivity contribution in [2.45, 2.75) is 26.2 Å². The molecular weight excluding hydrogens is 456 g/mol. The maximum Gasteiger partial charge on any atom is 0.304 e. The van der Waals surface area contributed by atoms with Gasteiger partial charge in [0.05, 0.1) is 24.3 Å². The van der Waals surface area contributed by atoms with Gasteiger partial charge in [0, 0.05) is 31.9 Å². The summed E-state index contributed by atoms with van der Waals surface area (Å²) in [5, 5.41) is 4.99. The van der Waals surface area contributed by atoms with Crippen molar-refractivity contribution in [2.75, 3.05) is 37.2 Å². The summed E-state index contributed by atoms with van der Waals surface area (Å²) < 4.78 is 45.0. The van der Waals surface area contributed by atoms with Crippen molar-refractivity contribution in [3.8, 4) is 11.6 Å². The van der Waals surface area contributed by atoms with Crippen LogP contribution in [0.5, 0.6) is 11.6 Å². The molecule has 1 fully saturated rings. The predicted molar refractivity (Wildman–Crippen MR) is 122 cm³/mol. The number of benzene rings is 1. The van der Waals surface area contributed by atoms with E-state index in [-0.39, 0.29) is 5.15 Å². The number of pyridine rings is 1. The fourth-order valence-electron chi connectivity index (χ4n) is 3.59. The number of aromatic nitrogens is 2. The molecule has 0 atom stereocenters. The average Bonchev–Trinajstić information content (AvgIpc) is 3.30. The number of halogens is 1. The van der Waals surface area contributed by atoms with Gasteiger partial charge in [-0.05, 0) is 55.6 Å². The molecule has 3 aromatic rings. The summed E-state index contributed by atoms with van der Waals surface area (Å²) in [6, 6.07) is 8.73. The normalized spacial score (nSPS) is 16.0. The number of ether oxygens (including phenoxy) is 2. The average molecular weight is 481 g/mol. The van der Waals surface area contributed by atoms with Crippen LogP contribution in [0.1, 0.15) is 26.2 Å². The van der Waals surface area contributed by atoms with E-state index in [1.807, 2.05) is 19.1 Å². The van der Waals surface area contributed by atoms with Crippen LogP contribution in [0.3, 0.4) is 0 Å². The van der Waals surface area contributed by atoms with Crippen LogP contribution in [0.4, 0.5) is 5.69 Å². The maximum absolute atomic E-state index is 12.8. The van der Waals surface area contributed by atoms with E-state index in [0.717, 1.165) is 24.6 Å². The number of anilines is 1. The summed E-state index contributed by atoms with van der Waals surface area (Å²) in [6.45, 7) is 4.29. The van der Waals surface area contributed by atoms with Crippen molar-refractivity contribution in [2.24, 2.45) is 0 Å². The minimum absolute atomic E-state index is 0.272. The van der Waals surface area contributed by atoms with Crippen molar-refractivity contribution >= 4 is 38.5 Å². The van der Waals surface area contributed by atoms with Gasteiger partial charge in [-0.2, -0.15) is 12.7 Å². The lowest BCUT2D eigenvalue weighted by atomic mass is 10.2. The molecule has 0 spiro atoms. The second-order valence-electron chi connectivity index (χ2n) is 7.30. The summed E-state index contributed by atoms with van der Waals surface area (Å²) in [4.78, 5) is 3.91. The SMILES string of the molecule is CCOc1noc2cc(OCCCCCN3CCN(c4ccnc(Cl)c4)S3(=O)=O)ccc12. The Morgan fingerprint density at radius 2 is 2.00 bits per heavy atom. The van der Waals surface area contributed by atoms with E-state index >= 15 is 0 Å². The molecule has 0 unspecified atom stereocenters. The van der Waals surface area contributed by atoms with Gasteiger partial charge in [0.25, 0.3) is 5.88 Å². The standard InChI is InChI=1S/C21H25ClN4O5S/c1-2-29-21-18-7-6-17(15-19(18)31-24-21)30-13-5-3-4-10-25-11-12-26(32(25,27)28)16-8-9-23-20(22)14-16/h6-9,14-15H,2-5,10-13H2,1H3. The quantitative estimate of drug-likeness (QED) is 0.320. The van der Waals surface area contributed by atoms with E-state index in [4.69, 9.17) is 25.6 Å². The monoisotopic (exact) mass is 480 g/mol. The molecule has 1 aliphatic heterocycles. The summed E-state index contributed by atoms with van der Waals surface area (Å²) in [5.74, 6) is 1.18. The van der Waals surface area contributed by atoms with Gasteiger partial charge in [-0.3, -0.25) is 4.31 Å². The number of hydrogen-bond donors (Lipinski definition) is 0. The molecule has 4 rings (SSSR count). The van der Waals surface area contributed by atoms with Gasteiger partial charge in [-0.1, -0.05) is 11.6 Å². The van der Waals surface area contributed by atoms with Gasteiger partial charge in [-0.25, -0.2) is 4.98 Å². The van der Waals surface area contributed by atoms with E-state index in [1.54, 1.807) is 18.2 Å². The Hall–Kier alpha value is -2.56. The molecule has 0 radical (unpaired) electrons. The Bertz CT molecular complexity index is 1170. The molecule has 0 bridgehead atoms. The zero-order chi connectivity index (χ0) is 22.6. The molecule has 32 heavy (non-hydrogen) atoms. The van der Waals surface area contributed by atoms with Crippen molar-refractivity contribution in [3.63, 3.8) is 0 Å². The van der Waals surface area contributed by atoms with Crippen molar-refractivity contribution in [3.05, 3.63) is 41.7 Å². The molecule has 3 heterocycles. The molecule has 0 N–H and O–H groups in total. The summed E-state index contributed by atoms with van der Waals surface area (Å²) in [7, 11) is -3.53. The summed E-state index contributed by atoms with van der Waals surface area (Å²) in [5.41, 5.74) is 1.16. The summed E-state index contributed by atoms with van der Waals surface area (Å²) in [6.07, 6.45) is 3.93. The third-order valence-corrected chi connectivity index (χ3v) is 7.34. The third-order valence-electron chi connectivity index (χ3n) is 5.17. The highest BCUT2D eigenvalue weighted by Crippen LogP contribution is 2.29. The first-order chi connectivity index (χ1) is 15.5. The molecule has 11 heteroatoms. The van der Waals surface area contributed by atoms with Gasteiger partial charge < -0.3 is 14.0 Å². The topological polar surface area (TPSA) is 98.0 Å². The first kappa shape index (κ1) is 22.6. The Morgan fingerprint density at radius 3 is 2.81 bits per heavy atom. The number of hydrogen-bond acceptors (Lipinski definition) is 7. The molecule has 1 saturated heterocycles. The molecule has 0 aliphatic carbocycles. The minimum Gasteiger partial charge on any atom is -0.493 e. The smallest absolute Gasteiger partial charge is 0.304 e. The van der Waals surface area contributed by atoms with Crippen LogP contribution in [0.25, 0.3) is 11.0 Å². The van der Waals surface area contributed by atoms with E-state index in [1.165, 1.54) is 14.8 Å². The lowest BCUT2D eigenvalue weighted by Crippen LogP contribution is -2.33. The van der Waals surface area contributed by atoms with Crippen LogP contribution in [0, 0.1) is 0 Å². The van der Waals surface area contributed by atoms with E-state index in [2.05, 4.69) is 10.1 Å². The molecular formula is C21H25ClN4O5S. The molecule has 0 saturated carbocycles. The highest BCUT2D eigenvalue weighted by molar-refractivity contribution is 7.90. The van der Waals surface area contributed by atoms with Crippen LogP contribution in [-0.2, 0) is 10.2 Å². The van der Waals surface area contributed by atoms with Crippen molar-refractivity contribution in [1.82, 2.24) is 14.4 Å². The van der Waals surface area contributed by atoms with Gasteiger partial charge in [-0.15, -0.1) is 0 Å². The first-order valence-electron chi connectivity index (χ1n) is 10.5. The van der Waals surface area contributed by atoms with E-state index < -0.39 is 10.2 Å². The highest BCUT2D eigenvalue weighted by Gasteiger charge is 2.36. The number of unbranched alkanes of at least 4 members (excludes halogenated alkanes) is 2. The van der Waals surface area contributed by atoms with Crippen molar-refractivity contribution in [1.29, 1.82) is 0 Å². The number of rotatable bonds is 10. The van der Waals surface area contributed by atoms with Crippen LogP contribution in [-0.4, -0.2) is 55.7 Å². The van der Waals surface area contributed by atoms with E-state index in [0.29, 0.717) is 55.7 Å². The van der Waals surface area contributed by atoms with Crippen LogP contribution in [0.2, 0.25) is 5.15 Å². The predicted octanol–water partition coefficient (Wildman–Crippen LogP) is 3.89. The lowest BCUT2D eigenvalue weighted by Gasteiger charge is -2.20. The van der Waals surface area contributed by atoms with Gasteiger partial charge in [0.15, 0.2) is 5.58 Å². The Labute approximate surface area is 192 Å². The molecule has 172 valence electrons. The second kappa shape index (κ2) is 9.93. The Kier molecular flexibility index (Phi) is 7.02. The van der Waals surface area contributed by atoms with Crippen LogP contribution >= 0.6 is 11.6 Å². The highest BCUT2D eigenvalue weighted by atomic mass is 35.5. The Balaban J connectivity index is 1.21. The molecule has 9 nitrogen and oxygen atoms in total. The van der Waals surface area contributed by atoms with E-state index in [9.17, 15) is 8.42 Å². The van der Waals surface area contributed by atoms with Crippen LogP contribution < -0.4 is 13.8 Å². The zero-order valence-electron chi connectivity index (χ0n) is 17.7. The molecule has 1 aromatic carbocycles. The molecule has 1 aliphatic rings. The minimum atomic E-state index is -3.53. The largest absolute Gasteiger partial charge is 0.493 e. The number of fused-ring (bicyclic) bond motifs is 1. The third kappa shape index (κ3) is 4.92. The summed E-state index contributed by atoms with van der Waals surface area (Å²) >= 11 is 5.90. The van der Waals surface area contributed by atoms with Gasteiger partial charge >= 0.3 is 10.2 Å². The second-order valence-corrected chi connectivity index (χ2v) is 9.54. The zero-order valence-corrected chi connectivity index (χ0v) is 19.3. The molecule has 2 aromatic heterocycles. The van der Waals surface area contributed by atoms with Crippen LogP contribution in [0.15, 0.2) is 41.1 Å². The number of nitrogens with zero attached hydrogens (tertiary/aromatic N) is 4. The lowest BCUT2D eigenvalue weighted by molar-refractivity contribution is 0.298.